The highest BCUT2D eigenvalue weighted by atomic mass is 19.4. The summed E-state index contributed by atoms with van der Waals surface area (Å²) < 4.78 is 45.1. The first kappa shape index (κ1) is 25.2. The van der Waals surface area contributed by atoms with E-state index < -0.39 is 42.3 Å². The quantitative estimate of drug-likeness (QED) is 0.612. The number of urea groups is 1. The molecule has 0 saturated carbocycles. The number of aliphatic carboxylic acids is 1. The number of ether oxygens (including phenoxy) is 1. The SMILES string of the molecule is CCOC(=O)C1=C(C)N(c2cccc(C(F)(F)F)c2)C(=O)N(CC(=O)O)C1c1ccc(C#N)nc1. The molecular weight excluding hydrogens is 469 g/mol. The van der Waals surface area contributed by atoms with Crippen LogP contribution in [0.2, 0.25) is 0 Å². The fourth-order valence-electron chi connectivity index (χ4n) is 3.73. The number of carboxylic acids is 1. The van der Waals surface area contributed by atoms with Crippen molar-refractivity contribution in [3.8, 4) is 6.07 Å². The maximum Gasteiger partial charge on any atom is 0.416 e. The van der Waals surface area contributed by atoms with Crippen molar-refractivity contribution in [2.45, 2.75) is 26.1 Å². The van der Waals surface area contributed by atoms with Crippen molar-refractivity contribution >= 4 is 23.7 Å². The smallest absolute Gasteiger partial charge is 0.416 e. The molecule has 1 aromatic carbocycles. The Hall–Kier alpha value is -4.40. The van der Waals surface area contributed by atoms with Crippen LogP contribution in [-0.4, -0.2) is 46.1 Å². The Kier molecular flexibility index (Phi) is 7.09. The molecule has 12 heteroatoms. The lowest BCUT2D eigenvalue weighted by atomic mass is 9.93. The van der Waals surface area contributed by atoms with E-state index in [-0.39, 0.29) is 34.8 Å². The summed E-state index contributed by atoms with van der Waals surface area (Å²) in [6.45, 7) is 1.96. The molecule has 1 aliphatic rings. The fraction of sp³-hybridized carbons (Fsp3) is 0.261. The van der Waals surface area contributed by atoms with Gasteiger partial charge in [-0.3, -0.25) is 9.69 Å². The first-order chi connectivity index (χ1) is 16.5. The van der Waals surface area contributed by atoms with E-state index in [1.807, 2.05) is 6.07 Å². The molecule has 1 aromatic heterocycles. The standard InChI is InChI=1S/C23H19F3N4O5/c1-3-35-21(33)19-13(2)30(17-6-4-5-15(9-17)23(24,25)26)22(34)29(12-18(31)32)20(19)14-7-8-16(10-27)28-11-14/h4-9,11,20H,3,12H2,1-2H3,(H,31,32). The number of benzene rings is 1. The number of anilines is 1. The minimum absolute atomic E-state index is 0.0382. The minimum atomic E-state index is -4.70. The summed E-state index contributed by atoms with van der Waals surface area (Å²) in [5.41, 5.74) is -1.18. The van der Waals surface area contributed by atoms with Crippen LogP contribution >= 0.6 is 0 Å². The minimum Gasteiger partial charge on any atom is -0.480 e. The lowest BCUT2D eigenvalue weighted by molar-refractivity contribution is -0.141. The fourth-order valence-corrected chi connectivity index (χ4v) is 3.73. The molecule has 182 valence electrons. The molecule has 0 saturated heterocycles. The van der Waals surface area contributed by atoms with Gasteiger partial charge in [0.05, 0.1) is 29.5 Å². The largest absolute Gasteiger partial charge is 0.480 e. The van der Waals surface area contributed by atoms with Gasteiger partial charge in [0.25, 0.3) is 0 Å². The number of hydrogen-bond donors (Lipinski definition) is 1. The monoisotopic (exact) mass is 488 g/mol. The Balaban J connectivity index is 2.28. The second-order valence-corrected chi connectivity index (χ2v) is 7.40. The number of nitrogens with zero attached hydrogens (tertiary/aromatic N) is 4. The molecule has 35 heavy (non-hydrogen) atoms. The number of alkyl halides is 3. The second-order valence-electron chi connectivity index (χ2n) is 7.40. The van der Waals surface area contributed by atoms with Gasteiger partial charge < -0.3 is 14.7 Å². The maximum absolute atomic E-state index is 13.5. The molecule has 1 unspecified atom stereocenters. The molecule has 1 atom stereocenters. The topological polar surface area (TPSA) is 124 Å². The number of amides is 2. The van der Waals surface area contributed by atoms with Gasteiger partial charge in [0.1, 0.15) is 18.3 Å². The summed E-state index contributed by atoms with van der Waals surface area (Å²) in [6, 6.07) is 6.21. The predicted molar refractivity (Wildman–Crippen MR) is 115 cm³/mol. The number of hydrogen-bond acceptors (Lipinski definition) is 6. The molecule has 3 rings (SSSR count). The number of aromatic nitrogens is 1. The molecule has 2 amide bonds. The third-order valence-corrected chi connectivity index (χ3v) is 5.20. The molecule has 0 aliphatic carbocycles. The van der Waals surface area contributed by atoms with Crippen molar-refractivity contribution in [3.63, 3.8) is 0 Å². The number of carbonyl (C=O) groups excluding carboxylic acids is 2. The molecule has 1 N–H and O–H groups in total. The van der Waals surface area contributed by atoms with E-state index in [9.17, 15) is 32.7 Å². The van der Waals surface area contributed by atoms with E-state index in [2.05, 4.69) is 4.98 Å². The summed E-state index contributed by atoms with van der Waals surface area (Å²) in [4.78, 5) is 43.8. The Morgan fingerprint density at radius 1 is 1.26 bits per heavy atom. The Bertz CT molecular complexity index is 1230. The van der Waals surface area contributed by atoms with E-state index in [0.717, 1.165) is 28.0 Å². The van der Waals surface area contributed by atoms with Crippen LogP contribution in [0.1, 0.15) is 36.7 Å². The Labute approximate surface area is 197 Å². The van der Waals surface area contributed by atoms with Gasteiger partial charge in [0.15, 0.2) is 0 Å². The number of nitriles is 1. The third-order valence-electron chi connectivity index (χ3n) is 5.20. The van der Waals surface area contributed by atoms with Crippen molar-refractivity contribution < 1.29 is 37.4 Å². The van der Waals surface area contributed by atoms with E-state index in [1.54, 1.807) is 6.92 Å². The summed E-state index contributed by atoms with van der Waals surface area (Å²) in [5, 5.41) is 18.5. The number of esters is 1. The van der Waals surface area contributed by atoms with E-state index >= 15 is 0 Å². The lowest BCUT2D eigenvalue weighted by Gasteiger charge is -2.42. The predicted octanol–water partition coefficient (Wildman–Crippen LogP) is 3.88. The first-order valence-corrected chi connectivity index (χ1v) is 10.2. The molecule has 2 heterocycles. The van der Waals surface area contributed by atoms with Gasteiger partial charge in [-0.15, -0.1) is 0 Å². The normalized spacial score (nSPS) is 16.2. The lowest BCUT2D eigenvalue weighted by Crippen LogP contribution is -2.52. The van der Waals surface area contributed by atoms with E-state index in [0.29, 0.717) is 0 Å². The van der Waals surface area contributed by atoms with Crippen LogP contribution in [0.15, 0.2) is 53.9 Å². The van der Waals surface area contributed by atoms with E-state index in [4.69, 9.17) is 10.00 Å². The molecular formula is C23H19F3N4O5. The van der Waals surface area contributed by atoms with Crippen LogP contribution < -0.4 is 4.90 Å². The number of halogens is 3. The van der Waals surface area contributed by atoms with Crippen LogP contribution in [-0.2, 0) is 20.5 Å². The van der Waals surface area contributed by atoms with Crippen molar-refractivity contribution in [1.29, 1.82) is 5.26 Å². The zero-order valence-corrected chi connectivity index (χ0v) is 18.5. The van der Waals surface area contributed by atoms with Gasteiger partial charge in [-0.1, -0.05) is 12.1 Å². The summed E-state index contributed by atoms with van der Waals surface area (Å²) >= 11 is 0. The number of carboxylic acid groups (broad SMARTS) is 1. The van der Waals surface area contributed by atoms with Crippen LogP contribution in [0.25, 0.3) is 0 Å². The third kappa shape index (κ3) is 5.08. The van der Waals surface area contributed by atoms with Crippen molar-refractivity contribution in [1.82, 2.24) is 9.88 Å². The molecule has 0 fully saturated rings. The Morgan fingerprint density at radius 3 is 2.51 bits per heavy atom. The highest BCUT2D eigenvalue weighted by Crippen LogP contribution is 2.41. The summed E-state index contributed by atoms with van der Waals surface area (Å²) in [6.07, 6.45) is -3.48. The van der Waals surface area contributed by atoms with E-state index in [1.165, 1.54) is 31.3 Å². The van der Waals surface area contributed by atoms with Crippen LogP contribution in [0.4, 0.5) is 23.7 Å². The van der Waals surface area contributed by atoms with Crippen molar-refractivity contribution in [2.24, 2.45) is 0 Å². The number of allylic oxidation sites excluding steroid dienone is 1. The molecule has 0 bridgehead atoms. The molecule has 0 spiro atoms. The number of carbonyl (C=O) groups is 3. The summed E-state index contributed by atoms with van der Waals surface area (Å²) in [7, 11) is 0. The van der Waals surface area contributed by atoms with Gasteiger partial charge in [0.2, 0.25) is 0 Å². The molecule has 2 aromatic rings. The zero-order valence-electron chi connectivity index (χ0n) is 18.5. The molecule has 9 nitrogen and oxygen atoms in total. The van der Waals surface area contributed by atoms with Crippen LogP contribution in [0.3, 0.4) is 0 Å². The molecule has 1 aliphatic heterocycles. The highest BCUT2D eigenvalue weighted by molar-refractivity contribution is 6.04. The van der Waals surface area contributed by atoms with Crippen LogP contribution in [0, 0.1) is 11.3 Å². The number of pyridine rings is 1. The van der Waals surface area contributed by atoms with Crippen molar-refractivity contribution in [3.05, 3.63) is 70.7 Å². The number of rotatable bonds is 6. The van der Waals surface area contributed by atoms with Gasteiger partial charge >= 0.3 is 24.1 Å². The summed E-state index contributed by atoms with van der Waals surface area (Å²) in [5.74, 6) is -2.31. The maximum atomic E-state index is 13.5. The van der Waals surface area contributed by atoms with Gasteiger partial charge in [-0.05, 0) is 43.7 Å². The zero-order chi connectivity index (χ0) is 25.9. The van der Waals surface area contributed by atoms with Gasteiger partial charge in [0, 0.05) is 11.9 Å². The van der Waals surface area contributed by atoms with Crippen LogP contribution in [0.5, 0.6) is 0 Å². The first-order valence-electron chi connectivity index (χ1n) is 10.2. The molecule has 0 radical (unpaired) electrons. The van der Waals surface area contributed by atoms with Gasteiger partial charge in [-0.25, -0.2) is 14.6 Å². The van der Waals surface area contributed by atoms with Crippen molar-refractivity contribution in [2.75, 3.05) is 18.1 Å². The Morgan fingerprint density at radius 2 is 1.97 bits per heavy atom. The highest BCUT2D eigenvalue weighted by Gasteiger charge is 2.44. The average molecular weight is 488 g/mol. The second kappa shape index (κ2) is 9.84. The average Bonchev–Trinajstić information content (AvgIpc) is 2.80. The van der Waals surface area contributed by atoms with Gasteiger partial charge in [-0.2, -0.15) is 18.4 Å².